The van der Waals surface area contributed by atoms with Crippen LogP contribution in [0.3, 0.4) is 0 Å². The number of nitrogens with one attached hydrogen (secondary N) is 1. The van der Waals surface area contributed by atoms with Gasteiger partial charge in [-0.2, -0.15) is 0 Å². The molecule has 0 saturated heterocycles. The molecule has 0 unspecified atom stereocenters. The number of benzene rings is 1. The van der Waals surface area contributed by atoms with Crippen LogP contribution in [0.15, 0.2) is 28.7 Å². The average molecular weight is 312 g/mol. The lowest BCUT2D eigenvalue weighted by molar-refractivity contribution is -0.137. The van der Waals surface area contributed by atoms with Gasteiger partial charge in [-0.25, -0.2) is 0 Å². The summed E-state index contributed by atoms with van der Waals surface area (Å²) < 4.78 is 1.12. The highest BCUT2D eigenvalue weighted by Crippen LogP contribution is 2.37. The largest absolute Gasteiger partial charge is 0.481 e. The third-order valence-corrected chi connectivity index (χ3v) is 4.01. The summed E-state index contributed by atoms with van der Waals surface area (Å²) in [5, 5.41) is 11.9. The number of halogens is 1. The van der Waals surface area contributed by atoms with E-state index in [4.69, 9.17) is 5.11 Å². The first-order valence-corrected chi connectivity index (χ1v) is 7.15. The topological polar surface area (TPSA) is 49.3 Å². The Balaban J connectivity index is 1.64. The van der Waals surface area contributed by atoms with Crippen molar-refractivity contribution in [3.63, 3.8) is 0 Å². The van der Waals surface area contributed by atoms with Gasteiger partial charge in [-0.3, -0.25) is 4.79 Å². The molecule has 0 amide bonds. The van der Waals surface area contributed by atoms with E-state index < -0.39 is 5.97 Å². The smallest absolute Gasteiger partial charge is 0.303 e. The van der Waals surface area contributed by atoms with Gasteiger partial charge < -0.3 is 10.4 Å². The first-order chi connectivity index (χ1) is 8.65. The molecule has 0 aromatic heterocycles. The fourth-order valence-corrected chi connectivity index (χ4v) is 2.60. The Bertz CT molecular complexity index is 399. The van der Waals surface area contributed by atoms with E-state index >= 15 is 0 Å². The van der Waals surface area contributed by atoms with Crippen LogP contribution in [0.2, 0.25) is 0 Å². The molecule has 98 valence electrons. The lowest BCUT2D eigenvalue weighted by Gasteiger charge is -2.36. The molecule has 18 heavy (non-hydrogen) atoms. The molecule has 1 aliphatic rings. The van der Waals surface area contributed by atoms with Gasteiger partial charge in [0.25, 0.3) is 0 Å². The van der Waals surface area contributed by atoms with Crippen molar-refractivity contribution in [3.8, 4) is 0 Å². The van der Waals surface area contributed by atoms with Crippen LogP contribution >= 0.6 is 15.9 Å². The van der Waals surface area contributed by atoms with Gasteiger partial charge >= 0.3 is 5.97 Å². The lowest BCUT2D eigenvalue weighted by atomic mass is 9.76. The minimum Gasteiger partial charge on any atom is -0.481 e. The molecule has 0 heterocycles. The Kier molecular flexibility index (Phi) is 4.78. The second-order valence-corrected chi connectivity index (χ2v) is 5.78. The molecule has 4 heteroatoms. The van der Waals surface area contributed by atoms with E-state index in [0.717, 1.165) is 30.3 Å². The highest BCUT2D eigenvalue weighted by atomic mass is 79.9. The molecule has 0 atom stereocenters. The Morgan fingerprint density at radius 3 is 2.61 bits per heavy atom. The molecule has 2 rings (SSSR count). The summed E-state index contributed by atoms with van der Waals surface area (Å²) in [5.74, 6) is -0.0479. The second-order valence-electron chi connectivity index (χ2n) is 4.87. The average Bonchev–Trinajstić information content (AvgIpc) is 2.28. The maximum absolute atomic E-state index is 10.4. The molecule has 1 aromatic carbocycles. The van der Waals surface area contributed by atoms with Crippen molar-refractivity contribution in [2.75, 3.05) is 6.54 Å². The van der Waals surface area contributed by atoms with E-state index in [1.54, 1.807) is 0 Å². The zero-order chi connectivity index (χ0) is 13.0. The highest BCUT2D eigenvalue weighted by Gasteiger charge is 2.29. The van der Waals surface area contributed by atoms with Crippen molar-refractivity contribution < 1.29 is 9.90 Å². The summed E-state index contributed by atoms with van der Waals surface area (Å²) in [5.41, 5.74) is 1.40. The van der Waals surface area contributed by atoms with Gasteiger partial charge in [-0.15, -0.1) is 0 Å². The minimum atomic E-state index is -0.710. The zero-order valence-corrected chi connectivity index (χ0v) is 11.8. The molecule has 1 aromatic rings. The van der Waals surface area contributed by atoms with Gasteiger partial charge in [-0.05, 0) is 49.4 Å². The summed E-state index contributed by atoms with van der Waals surface area (Å²) >= 11 is 3.44. The number of carbonyl (C=O) groups is 1. The Hall–Kier alpha value is -0.870. The molecule has 3 nitrogen and oxygen atoms in total. The number of carboxylic acids is 1. The maximum Gasteiger partial charge on any atom is 0.303 e. The molecule has 0 bridgehead atoms. The van der Waals surface area contributed by atoms with Gasteiger partial charge in [0.1, 0.15) is 0 Å². The normalized spacial score (nSPS) is 22.5. The van der Waals surface area contributed by atoms with Crippen molar-refractivity contribution in [1.29, 1.82) is 0 Å². The Labute approximate surface area is 116 Å². The first kappa shape index (κ1) is 13.6. The van der Waals surface area contributed by atoms with Crippen molar-refractivity contribution >= 4 is 21.9 Å². The SMILES string of the molecule is O=C(O)CCCNC1CC(c2ccc(Br)cc2)C1. The van der Waals surface area contributed by atoms with Crippen molar-refractivity contribution in [3.05, 3.63) is 34.3 Å². The standard InChI is InChI=1S/C14H18BrNO2/c15-12-5-3-10(4-6-12)11-8-13(9-11)16-7-1-2-14(17)18/h3-6,11,13,16H,1-2,7-9H2,(H,17,18). The highest BCUT2D eigenvalue weighted by molar-refractivity contribution is 9.10. The van der Waals surface area contributed by atoms with Crippen LogP contribution in [0.25, 0.3) is 0 Å². The predicted octanol–water partition coefficient (Wildman–Crippen LogP) is 3.15. The molecule has 1 fully saturated rings. The minimum absolute atomic E-state index is 0.260. The van der Waals surface area contributed by atoms with Gasteiger partial charge in [0.05, 0.1) is 0 Å². The zero-order valence-electron chi connectivity index (χ0n) is 10.2. The van der Waals surface area contributed by atoms with Crippen LogP contribution in [-0.4, -0.2) is 23.7 Å². The summed E-state index contributed by atoms with van der Waals surface area (Å²) in [7, 11) is 0. The lowest BCUT2D eigenvalue weighted by Crippen LogP contribution is -2.40. The van der Waals surface area contributed by atoms with Crippen molar-refractivity contribution in [2.45, 2.75) is 37.6 Å². The number of carboxylic acid groups (broad SMARTS) is 1. The van der Waals surface area contributed by atoms with Crippen LogP contribution in [0.4, 0.5) is 0 Å². The second kappa shape index (κ2) is 6.34. The quantitative estimate of drug-likeness (QED) is 0.793. The number of aliphatic carboxylic acids is 1. The number of rotatable bonds is 6. The van der Waals surface area contributed by atoms with E-state index in [1.165, 1.54) is 5.56 Å². The van der Waals surface area contributed by atoms with Crippen LogP contribution < -0.4 is 5.32 Å². The third kappa shape index (κ3) is 3.82. The van der Waals surface area contributed by atoms with E-state index in [2.05, 4.69) is 45.5 Å². The van der Waals surface area contributed by atoms with Crippen LogP contribution in [0, 0.1) is 0 Å². The molecule has 1 saturated carbocycles. The van der Waals surface area contributed by atoms with Gasteiger partial charge in [0.15, 0.2) is 0 Å². The molecular formula is C14H18BrNO2. The van der Waals surface area contributed by atoms with Crippen molar-refractivity contribution in [2.24, 2.45) is 0 Å². The van der Waals surface area contributed by atoms with Gasteiger partial charge in [-0.1, -0.05) is 28.1 Å². The molecular weight excluding hydrogens is 294 g/mol. The van der Waals surface area contributed by atoms with E-state index in [-0.39, 0.29) is 6.42 Å². The van der Waals surface area contributed by atoms with E-state index in [9.17, 15) is 4.79 Å². The molecule has 0 aliphatic heterocycles. The summed E-state index contributed by atoms with van der Waals surface area (Å²) in [6.45, 7) is 0.810. The third-order valence-electron chi connectivity index (χ3n) is 3.48. The number of hydrogen-bond acceptors (Lipinski definition) is 2. The molecule has 0 radical (unpaired) electrons. The van der Waals surface area contributed by atoms with Crippen LogP contribution in [0.1, 0.15) is 37.2 Å². The van der Waals surface area contributed by atoms with Gasteiger partial charge in [0.2, 0.25) is 0 Å². The van der Waals surface area contributed by atoms with Crippen LogP contribution in [-0.2, 0) is 4.79 Å². The Morgan fingerprint density at radius 1 is 1.33 bits per heavy atom. The summed E-state index contributed by atoms with van der Waals surface area (Å²) in [6, 6.07) is 9.09. The van der Waals surface area contributed by atoms with Crippen molar-refractivity contribution in [1.82, 2.24) is 5.32 Å². The summed E-state index contributed by atoms with van der Waals surface area (Å²) in [6.07, 6.45) is 3.30. The van der Waals surface area contributed by atoms with E-state index in [0.29, 0.717) is 12.0 Å². The molecule has 2 N–H and O–H groups in total. The molecule has 1 aliphatic carbocycles. The fraction of sp³-hybridized carbons (Fsp3) is 0.500. The number of hydrogen-bond donors (Lipinski definition) is 2. The fourth-order valence-electron chi connectivity index (χ4n) is 2.34. The summed E-state index contributed by atoms with van der Waals surface area (Å²) in [4.78, 5) is 10.4. The Morgan fingerprint density at radius 2 is 2.00 bits per heavy atom. The monoisotopic (exact) mass is 311 g/mol. The first-order valence-electron chi connectivity index (χ1n) is 6.36. The van der Waals surface area contributed by atoms with E-state index in [1.807, 2.05) is 0 Å². The van der Waals surface area contributed by atoms with Gasteiger partial charge in [0, 0.05) is 16.9 Å². The maximum atomic E-state index is 10.4. The van der Waals surface area contributed by atoms with Crippen LogP contribution in [0.5, 0.6) is 0 Å². The molecule has 0 spiro atoms. The predicted molar refractivity (Wildman–Crippen MR) is 74.8 cm³/mol.